The minimum absolute atomic E-state index is 0.0971. The number of rotatable bonds is 1. The molecular weight excluding hydrogens is 256 g/mol. The van der Waals surface area contributed by atoms with Gasteiger partial charge in [0.05, 0.1) is 15.2 Å². The number of methoxy groups -OCH3 is 1. The zero-order valence-electron chi connectivity index (χ0n) is 11.9. The van der Waals surface area contributed by atoms with Crippen LogP contribution in [0.25, 0.3) is 0 Å². The second-order valence-corrected chi connectivity index (χ2v) is 10.9. The van der Waals surface area contributed by atoms with E-state index in [0.717, 1.165) is 6.42 Å². The monoisotopic (exact) mass is 276 g/mol. The largest absolute Gasteiger partial charge is 0.468 e. The number of likely N-dealkylation sites (tertiary alicyclic amines) is 1. The van der Waals surface area contributed by atoms with Crippen LogP contribution < -0.4 is 5.19 Å². The predicted octanol–water partition coefficient (Wildman–Crippen LogP) is 1.30. The molecule has 0 N–H and O–H groups in total. The lowest BCUT2D eigenvalue weighted by Gasteiger charge is -2.25. The summed E-state index contributed by atoms with van der Waals surface area (Å²) in [7, 11) is 1.99. The molecule has 1 aromatic heterocycles. The number of ether oxygens (including phenoxy) is 1. The number of aromatic nitrogens is 1. The van der Waals surface area contributed by atoms with Crippen LogP contribution in [0.15, 0.2) is 18.5 Å². The van der Waals surface area contributed by atoms with E-state index < -0.39 is 8.07 Å². The van der Waals surface area contributed by atoms with Gasteiger partial charge in [-0.1, -0.05) is 18.3 Å². The molecule has 2 aliphatic heterocycles. The van der Waals surface area contributed by atoms with E-state index in [1.807, 2.05) is 19.4 Å². The van der Waals surface area contributed by atoms with Crippen LogP contribution in [0.3, 0.4) is 0 Å². The maximum absolute atomic E-state index is 11.9. The molecule has 0 radical (unpaired) electrons. The second kappa shape index (κ2) is 4.15. The minimum atomic E-state index is -1.52. The highest BCUT2D eigenvalue weighted by molar-refractivity contribution is 6.92. The third-order valence-corrected chi connectivity index (χ3v) is 9.30. The van der Waals surface area contributed by atoms with Crippen molar-refractivity contribution in [2.75, 3.05) is 14.2 Å². The maximum Gasteiger partial charge on any atom is 0.323 e. The van der Waals surface area contributed by atoms with Gasteiger partial charge in [-0.25, -0.2) is 0 Å². The molecule has 1 aromatic rings. The molecule has 0 spiro atoms. The summed E-state index contributed by atoms with van der Waals surface area (Å²) in [5.41, 5.74) is 1.92. The fourth-order valence-electron chi connectivity index (χ4n) is 3.97. The van der Waals surface area contributed by atoms with E-state index in [2.05, 4.69) is 29.0 Å². The molecule has 3 unspecified atom stereocenters. The number of pyridine rings is 1. The maximum atomic E-state index is 11.9. The average molecular weight is 276 g/mol. The molecule has 5 heteroatoms. The molecule has 2 aliphatic rings. The van der Waals surface area contributed by atoms with Gasteiger partial charge < -0.3 is 4.74 Å². The Kier molecular flexibility index (Phi) is 2.80. The summed E-state index contributed by atoms with van der Waals surface area (Å²) >= 11 is 0. The van der Waals surface area contributed by atoms with Gasteiger partial charge >= 0.3 is 5.97 Å². The quantitative estimate of drug-likeness (QED) is 0.573. The van der Waals surface area contributed by atoms with E-state index >= 15 is 0 Å². The van der Waals surface area contributed by atoms with E-state index in [1.165, 1.54) is 17.9 Å². The Bertz CT molecular complexity index is 532. The van der Waals surface area contributed by atoms with Crippen molar-refractivity contribution in [3.63, 3.8) is 0 Å². The fourth-order valence-corrected chi connectivity index (χ4v) is 7.84. The zero-order chi connectivity index (χ0) is 13.8. The highest BCUT2D eigenvalue weighted by atomic mass is 28.3. The van der Waals surface area contributed by atoms with Crippen LogP contribution in [0.4, 0.5) is 0 Å². The van der Waals surface area contributed by atoms with E-state index in [9.17, 15) is 4.79 Å². The van der Waals surface area contributed by atoms with E-state index in [1.54, 1.807) is 0 Å². The van der Waals surface area contributed by atoms with Crippen LogP contribution in [-0.4, -0.2) is 44.1 Å². The summed E-state index contributed by atoms with van der Waals surface area (Å²) in [6, 6.07) is 2.43. The SMILES string of the molecule is COC(=O)C1CC2C(c3cnccc3[Si]2(C)C)N1C. The summed E-state index contributed by atoms with van der Waals surface area (Å²) in [6.07, 6.45) is 4.80. The third kappa shape index (κ3) is 1.61. The van der Waals surface area contributed by atoms with Gasteiger partial charge in [-0.05, 0) is 30.6 Å². The minimum Gasteiger partial charge on any atom is -0.468 e. The van der Waals surface area contributed by atoms with Crippen molar-refractivity contribution in [1.82, 2.24) is 9.88 Å². The van der Waals surface area contributed by atoms with Crippen molar-refractivity contribution in [3.8, 4) is 0 Å². The number of hydrogen-bond acceptors (Lipinski definition) is 4. The summed E-state index contributed by atoms with van der Waals surface area (Å²) in [5.74, 6) is -0.104. The summed E-state index contributed by atoms with van der Waals surface area (Å²) < 4.78 is 4.95. The first-order chi connectivity index (χ1) is 8.98. The lowest BCUT2D eigenvalue weighted by atomic mass is 10.1. The lowest BCUT2D eigenvalue weighted by Crippen LogP contribution is -2.43. The number of esters is 1. The highest BCUT2D eigenvalue weighted by Gasteiger charge is 2.56. The van der Waals surface area contributed by atoms with Crippen molar-refractivity contribution in [2.24, 2.45) is 0 Å². The first-order valence-corrected chi connectivity index (χ1v) is 9.80. The van der Waals surface area contributed by atoms with Crippen molar-refractivity contribution in [1.29, 1.82) is 0 Å². The molecule has 0 aromatic carbocycles. The molecule has 0 bridgehead atoms. The van der Waals surface area contributed by atoms with Crippen LogP contribution in [-0.2, 0) is 9.53 Å². The van der Waals surface area contributed by atoms with Crippen LogP contribution in [0.5, 0.6) is 0 Å². The van der Waals surface area contributed by atoms with Gasteiger partial charge in [0.2, 0.25) is 0 Å². The number of nitrogens with zero attached hydrogens (tertiary/aromatic N) is 2. The van der Waals surface area contributed by atoms with Crippen molar-refractivity contribution in [3.05, 3.63) is 24.0 Å². The predicted molar refractivity (Wildman–Crippen MR) is 76.0 cm³/mol. The molecule has 3 atom stereocenters. The molecular formula is C14H20N2O2Si. The number of fused-ring (bicyclic) bond motifs is 3. The summed E-state index contributed by atoms with van der Waals surface area (Å²) in [6.45, 7) is 4.81. The van der Waals surface area contributed by atoms with E-state index in [4.69, 9.17) is 4.74 Å². The zero-order valence-corrected chi connectivity index (χ0v) is 12.9. The topological polar surface area (TPSA) is 42.4 Å². The number of carbonyl (C=O) groups is 1. The third-order valence-electron chi connectivity index (χ3n) is 5.05. The van der Waals surface area contributed by atoms with Crippen molar-refractivity contribution < 1.29 is 9.53 Å². The van der Waals surface area contributed by atoms with Crippen molar-refractivity contribution in [2.45, 2.75) is 37.1 Å². The molecule has 3 rings (SSSR count). The van der Waals surface area contributed by atoms with Crippen LogP contribution in [0.1, 0.15) is 18.0 Å². The van der Waals surface area contributed by atoms with Gasteiger partial charge in [0.1, 0.15) is 6.04 Å². The Balaban J connectivity index is 2.05. The molecule has 0 aliphatic carbocycles. The molecule has 1 saturated heterocycles. The normalized spacial score (nSPS) is 31.9. The first kappa shape index (κ1) is 12.8. The number of carbonyl (C=O) groups excluding carboxylic acids is 1. The van der Waals surface area contributed by atoms with Gasteiger partial charge in [-0.3, -0.25) is 14.7 Å². The number of hydrogen-bond donors (Lipinski definition) is 0. The Labute approximate surface area is 114 Å². The Morgan fingerprint density at radius 3 is 2.95 bits per heavy atom. The van der Waals surface area contributed by atoms with Crippen LogP contribution in [0, 0.1) is 0 Å². The molecule has 102 valence electrons. The second-order valence-electron chi connectivity index (χ2n) is 6.18. The lowest BCUT2D eigenvalue weighted by molar-refractivity contribution is -0.145. The van der Waals surface area contributed by atoms with Gasteiger partial charge in [-0.15, -0.1) is 0 Å². The highest BCUT2D eigenvalue weighted by Crippen LogP contribution is 2.53. The molecule has 1 fully saturated rings. The fraction of sp³-hybridized carbons (Fsp3) is 0.571. The van der Waals surface area contributed by atoms with Crippen molar-refractivity contribution >= 4 is 19.2 Å². The summed E-state index contributed by atoms with van der Waals surface area (Å²) in [5, 5.41) is 1.51. The van der Waals surface area contributed by atoms with Gasteiger partial charge in [-0.2, -0.15) is 0 Å². The molecule has 19 heavy (non-hydrogen) atoms. The van der Waals surface area contributed by atoms with E-state index in [0.29, 0.717) is 11.6 Å². The van der Waals surface area contributed by atoms with Gasteiger partial charge in [0, 0.05) is 18.4 Å². The van der Waals surface area contributed by atoms with Crippen LogP contribution in [0.2, 0.25) is 18.6 Å². The van der Waals surface area contributed by atoms with Crippen LogP contribution >= 0.6 is 0 Å². The Morgan fingerprint density at radius 1 is 1.53 bits per heavy atom. The van der Waals surface area contributed by atoms with E-state index in [-0.39, 0.29) is 12.0 Å². The molecule has 0 saturated carbocycles. The smallest absolute Gasteiger partial charge is 0.323 e. The Hall–Kier alpha value is -1.20. The first-order valence-electron chi connectivity index (χ1n) is 6.72. The number of likely N-dealkylation sites (N-methyl/N-ethyl adjacent to an activating group) is 1. The average Bonchev–Trinajstić information content (AvgIpc) is 2.86. The van der Waals surface area contributed by atoms with Gasteiger partial charge in [0.15, 0.2) is 0 Å². The molecule has 4 nitrogen and oxygen atoms in total. The standard InChI is InChI=1S/C14H20N2O2Si/c1-16-10(14(17)18-2)7-12-13(16)9-8-15-6-5-11(9)19(12,3)4/h5-6,8,10,12-13H,7H2,1-4H3. The van der Waals surface area contributed by atoms with Gasteiger partial charge in [0.25, 0.3) is 0 Å². The Morgan fingerprint density at radius 2 is 2.26 bits per heavy atom. The summed E-state index contributed by atoms with van der Waals surface area (Å²) in [4.78, 5) is 18.4. The molecule has 0 amide bonds. The molecule has 3 heterocycles.